The third kappa shape index (κ3) is 1.39. The minimum Gasteiger partial charge on any atom is -0.283 e. The minimum absolute atomic E-state index is 0.478. The van der Waals surface area contributed by atoms with Gasteiger partial charge in [-0.1, -0.05) is 0 Å². The molecule has 0 unspecified atom stereocenters. The molecule has 2 aromatic rings. The lowest BCUT2D eigenvalue weighted by Crippen LogP contribution is -1.82. The van der Waals surface area contributed by atoms with Gasteiger partial charge < -0.3 is 0 Å². The van der Waals surface area contributed by atoms with Crippen molar-refractivity contribution in [3.05, 3.63) is 29.0 Å². The van der Waals surface area contributed by atoms with Gasteiger partial charge in [-0.3, -0.25) is 4.40 Å². The van der Waals surface area contributed by atoms with E-state index in [9.17, 15) is 4.79 Å². The number of carbonyl (C=O) groups excluding carboxylic acids is 1. The Balaban J connectivity index is 2.78. The quantitative estimate of drug-likeness (QED) is 0.563. The van der Waals surface area contributed by atoms with Crippen LogP contribution in [0.25, 0.3) is 5.65 Å². The van der Waals surface area contributed by atoms with Crippen LogP contribution in [0.1, 0.15) is 0 Å². The average Bonchev–Trinajstić information content (AvgIpc) is 2.49. The maximum atomic E-state index is 10.1. The summed E-state index contributed by atoms with van der Waals surface area (Å²) >= 11 is 3.31. The van der Waals surface area contributed by atoms with Gasteiger partial charge in [0, 0.05) is 10.7 Å². The van der Waals surface area contributed by atoms with Crippen molar-refractivity contribution in [2.45, 2.75) is 0 Å². The number of fused-ring (bicyclic) bond motifs is 1. The number of halogens is 1. The normalized spacial score (nSPS) is 9.92. The summed E-state index contributed by atoms with van der Waals surface area (Å²) in [5, 5.41) is 0. The van der Waals surface area contributed by atoms with Crippen LogP contribution in [0.4, 0.5) is 5.82 Å². The molecule has 0 amide bonds. The van der Waals surface area contributed by atoms with Crippen molar-refractivity contribution >= 4 is 33.5 Å². The topological polar surface area (TPSA) is 46.7 Å². The molecule has 0 saturated heterocycles. The van der Waals surface area contributed by atoms with E-state index >= 15 is 0 Å². The zero-order valence-electron chi connectivity index (χ0n) is 6.44. The molecule has 0 aromatic carbocycles. The second kappa shape index (κ2) is 3.12. The number of aromatic nitrogens is 2. The first kappa shape index (κ1) is 8.16. The highest BCUT2D eigenvalue weighted by Crippen LogP contribution is 2.17. The van der Waals surface area contributed by atoms with Crippen LogP contribution in [0.5, 0.6) is 0 Å². The van der Waals surface area contributed by atoms with E-state index < -0.39 is 0 Å². The highest BCUT2D eigenvalue weighted by Gasteiger charge is 2.00. The summed E-state index contributed by atoms with van der Waals surface area (Å²) in [6.07, 6.45) is 4.79. The molecule has 0 saturated carbocycles. The number of hydrogen-bond acceptors (Lipinski definition) is 3. The van der Waals surface area contributed by atoms with Gasteiger partial charge in [0.2, 0.25) is 6.08 Å². The SMILES string of the molecule is O=C=Nc1cnc2ccc(Br)cn12. The van der Waals surface area contributed by atoms with Gasteiger partial charge in [-0.05, 0) is 28.1 Å². The van der Waals surface area contributed by atoms with E-state index in [2.05, 4.69) is 25.9 Å². The lowest BCUT2D eigenvalue weighted by atomic mass is 10.5. The van der Waals surface area contributed by atoms with Crippen molar-refractivity contribution in [2.24, 2.45) is 4.99 Å². The Morgan fingerprint density at radius 1 is 1.54 bits per heavy atom. The number of isocyanates is 1. The van der Waals surface area contributed by atoms with E-state index in [4.69, 9.17) is 0 Å². The van der Waals surface area contributed by atoms with Crippen molar-refractivity contribution in [3.8, 4) is 0 Å². The number of aliphatic imine (C=N–C) groups is 1. The molecule has 0 aliphatic heterocycles. The van der Waals surface area contributed by atoms with E-state index in [0.29, 0.717) is 5.82 Å². The second-order valence-electron chi connectivity index (χ2n) is 2.40. The van der Waals surface area contributed by atoms with Crippen LogP contribution in [-0.2, 0) is 4.79 Å². The Labute approximate surface area is 82.1 Å². The monoisotopic (exact) mass is 237 g/mol. The molecule has 4 nitrogen and oxygen atoms in total. The summed E-state index contributed by atoms with van der Waals surface area (Å²) < 4.78 is 2.61. The number of hydrogen-bond donors (Lipinski definition) is 0. The van der Waals surface area contributed by atoms with E-state index in [1.165, 1.54) is 12.3 Å². The highest BCUT2D eigenvalue weighted by atomic mass is 79.9. The summed E-state index contributed by atoms with van der Waals surface area (Å²) in [6, 6.07) is 3.70. The number of nitrogens with zero attached hydrogens (tertiary/aromatic N) is 3. The van der Waals surface area contributed by atoms with Crippen LogP contribution >= 0.6 is 15.9 Å². The van der Waals surface area contributed by atoms with E-state index in [-0.39, 0.29) is 0 Å². The first-order chi connectivity index (χ1) is 6.31. The van der Waals surface area contributed by atoms with Crippen LogP contribution in [0.15, 0.2) is 34.0 Å². The third-order valence-electron chi connectivity index (χ3n) is 1.61. The van der Waals surface area contributed by atoms with Gasteiger partial charge in [0.05, 0.1) is 6.20 Å². The van der Waals surface area contributed by atoms with Crippen molar-refractivity contribution in [3.63, 3.8) is 0 Å². The smallest absolute Gasteiger partial charge is 0.242 e. The molecule has 13 heavy (non-hydrogen) atoms. The Morgan fingerprint density at radius 3 is 3.15 bits per heavy atom. The van der Waals surface area contributed by atoms with Gasteiger partial charge in [0.1, 0.15) is 5.65 Å². The van der Waals surface area contributed by atoms with Gasteiger partial charge in [-0.25, -0.2) is 9.78 Å². The molecule has 0 spiro atoms. The molecule has 0 fully saturated rings. The van der Waals surface area contributed by atoms with Crippen LogP contribution in [-0.4, -0.2) is 15.5 Å². The van der Waals surface area contributed by atoms with Gasteiger partial charge in [0.15, 0.2) is 5.82 Å². The summed E-state index contributed by atoms with van der Waals surface area (Å²) in [6.45, 7) is 0. The van der Waals surface area contributed by atoms with Crippen molar-refractivity contribution < 1.29 is 4.79 Å². The summed E-state index contributed by atoms with van der Waals surface area (Å²) in [4.78, 5) is 17.6. The largest absolute Gasteiger partial charge is 0.283 e. The Bertz CT molecular complexity index is 499. The number of rotatable bonds is 1. The van der Waals surface area contributed by atoms with Gasteiger partial charge in [0.25, 0.3) is 0 Å². The van der Waals surface area contributed by atoms with Gasteiger partial charge in [-0.2, -0.15) is 0 Å². The predicted molar refractivity (Wildman–Crippen MR) is 50.7 cm³/mol. The van der Waals surface area contributed by atoms with Crippen molar-refractivity contribution in [2.75, 3.05) is 0 Å². The third-order valence-corrected chi connectivity index (χ3v) is 2.08. The van der Waals surface area contributed by atoms with Gasteiger partial charge in [-0.15, -0.1) is 4.99 Å². The van der Waals surface area contributed by atoms with Gasteiger partial charge >= 0.3 is 0 Å². The maximum absolute atomic E-state index is 10.1. The predicted octanol–water partition coefficient (Wildman–Crippen LogP) is 2.06. The van der Waals surface area contributed by atoms with E-state index in [1.807, 2.05) is 12.1 Å². The van der Waals surface area contributed by atoms with E-state index in [0.717, 1.165) is 10.1 Å². The van der Waals surface area contributed by atoms with Crippen LogP contribution in [0.2, 0.25) is 0 Å². The Hall–Kier alpha value is -1.45. The molecule has 0 radical (unpaired) electrons. The summed E-state index contributed by atoms with van der Waals surface area (Å²) in [7, 11) is 0. The van der Waals surface area contributed by atoms with Crippen molar-refractivity contribution in [1.29, 1.82) is 0 Å². The Kier molecular flexibility index (Phi) is 1.96. The molecule has 0 atom stereocenters. The summed E-state index contributed by atoms with van der Waals surface area (Å²) in [5.41, 5.74) is 0.747. The molecule has 64 valence electrons. The average molecular weight is 238 g/mol. The van der Waals surface area contributed by atoms with Crippen LogP contribution in [0, 0.1) is 0 Å². The lowest BCUT2D eigenvalue weighted by Gasteiger charge is -1.94. The minimum atomic E-state index is 0.478. The molecule has 2 heterocycles. The Morgan fingerprint density at radius 2 is 2.38 bits per heavy atom. The molecule has 2 rings (SSSR count). The molecule has 0 bridgehead atoms. The number of imidazole rings is 1. The molecule has 2 aromatic heterocycles. The molecule has 0 N–H and O–H groups in total. The maximum Gasteiger partial charge on any atom is 0.242 e. The zero-order valence-corrected chi connectivity index (χ0v) is 8.02. The molecule has 0 aliphatic rings. The van der Waals surface area contributed by atoms with Crippen LogP contribution in [0.3, 0.4) is 0 Å². The zero-order chi connectivity index (χ0) is 9.26. The number of pyridine rings is 1. The highest BCUT2D eigenvalue weighted by molar-refractivity contribution is 9.10. The fourth-order valence-corrected chi connectivity index (χ4v) is 1.41. The molecular formula is C8H4BrN3O. The lowest BCUT2D eigenvalue weighted by molar-refractivity contribution is 0.565. The van der Waals surface area contributed by atoms with Crippen LogP contribution < -0.4 is 0 Å². The standard InChI is InChI=1S/C8H4BrN3O/c9-6-1-2-7-10-3-8(11-5-13)12(7)4-6/h1-4H. The summed E-state index contributed by atoms with van der Waals surface area (Å²) in [5.74, 6) is 0.478. The molecular weight excluding hydrogens is 234 g/mol. The molecule has 0 aliphatic carbocycles. The fraction of sp³-hybridized carbons (Fsp3) is 0. The second-order valence-corrected chi connectivity index (χ2v) is 3.31. The molecule has 5 heteroatoms. The van der Waals surface area contributed by atoms with Crippen molar-refractivity contribution in [1.82, 2.24) is 9.38 Å². The fourth-order valence-electron chi connectivity index (χ4n) is 1.07. The first-order valence-electron chi connectivity index (χ1n) is 3.52. The van der Waals surface area contributed by atoms with E-state index in [1.54, 1.807) is 10.6 Å². The first-order valence-corrected chi connectivity index (χ1v) is 4.31.